The molecule has 1 aliphatic heterocycles. The summed E-state index contributed by atoms with van der Waals surface area (Å²) < 4.78 is 12.2. The smallest absolute Gasteiger partial charge is 0.231 e. The van der Waals surface area contributed by atoms with Gasteiger partial charge in [0, 0.05) is 23.6 Å². The van der Waals surface area contributed by atoms with Gasteiger partial charge in [-0.05, 0) is 24.3 Å². The van der Waals surface area contributed by atoms with Gasteiger partial charge in [0.1, 0.15) is 0 Å². The van der Waals surface area contributed by atoms with Crippen LogP contribution in [0, 0.1) is 0 Å². The highest BCUT2D eigenvalue weighted by atomic mass is 16.7. The lowest BCUT2D eigenvalue weighted by Crippen LogP contribution is -2.18. The number of nitrogens with one attached hydrogen (secondary N) is 1. The van der Waals surface area contributed by atoms with Crippen molar-refractivity contribution in [2.75, 3.05) is 12.1 Å². The minimum absolute atomic E-state index is 0.128. The maximum atomic E-state index is 12.2. The van der Waals surface area contributed by atoms with Crippen molar-refractivity contribution in [1.29, 1.82) is 0 Å². The van der Waals surface area contributed by atoms with Crippen molar-refractivity contribution < 1.29 is 14.3 Å². The van der Waals surface area contributed by atoms with Crippen LogP contribution < -0.4 is 20.2 Å². The number of fused-ring (bicyclic) bond motifs is 2. The lowest BCUT2D eigenvalue weighted by atomic mass is 10.2. The van der Waals surface area contributed by atoms with Crippen LogP contribution in [0.4, 0.5) is 5.69 Å². The van der Waals surface area contributed by atoms with Crippen LogP contribution in [-0.2, 0) is 11.3 Å². The monoisotopic (exact) mass is 337 g/mol. The summed E-state index contributed by atoms with van der Waals surface area (Å²) in [6, 6.07) is 12.5. The van der Waals surface area contributed by atoms with E-state index in [-0.39, 0.29) is 24.5 Å². The zero-order chi connectivity index (χ0) is 17.2. The van der Waals surface area contributed by atoms with Crippen molar-refractivity contribution in [1.82, 2.24) is 9.78 Å². The number of carbonyl (C=O) groups is 1. The summed E-state index contributed by atoms with van der Waals surface area (Å²) in [7, 11) is 0. The summed E-state index contributed by atoms with van der Waals surface area (Å²) >= 11 is 0. The molecule has 4 rings (SSSR count). The minimum atomic E-state index is -0.150. The van der Waals surface area contributed by atoms with Crippen molar-refractivity contribution in [3.8, 4) is 11.5 Å². The lowest BCUT2D eigenvalue weighted by molar-refractivity contribution is -0.116. The van der Waals surface area contributed by atoms with Gasteiger partial charge in [-0.2, -0.15) is 5.10 Å². The predicted octanol–water partition coefficient (Wildman–Crippen LogP) is 2.15. The molecule has 0 atom stereocenters. The first-order valence-corrected chi connectivity index (χ1v) is 7.85. The Balaban J connectivity index is 1.46. The zero-order valence-electron chi connectivity index (χ0n) is 13.3. The summed E-state index contributed by atoms with van der Waals surface area (Å²) in [5.74, 6) is 1.14. The normalized spacial score (nSPS) is 12.3. The molecular weight excluding hydrogens is 322 g/mol. The molecule has 0 spiro atoms. The van der Waals surface area contributed by atoms with Gasteiger partial charge in [-0.15, -0.1) is 0 Å². The SMILES string of the molecule is O=C(CCn1ncc(=O)c2ccccc21)Nc1ccc2c(c1)OCO2. The second-order valence-electron chi connectivity index (χ2n) is 5.62. The van der Waals surface area contributed by atoms with Crippen LogP contribution in [0.5, 0.6) is 11.5 Å². The van der Waals surface area contributed by atoms with Crippen LogP contribution in [0.3, 0.4) is 0 Å². The Hall–Kier alpha value is -3.35. The van der Waals surface area contributed by atoms with Crippen LogP contribution >= 0.6 is 0 Å². The molecular formula is C18H15N3O4. The fourth-order valence-electron chi connectivity index (χ4n) is 2.74. The number of anilines is 1. The molecule has 1 N–H and O–H groups in total. The number of ether oxygens (including phenoxy) is 2. The van der Waals surface area contributed by atoms with Crippen LogP contribution in [0.15, 0.2) is 53.5 Å². The molecule has 3 aromatic rings. The summed E-state index contributed by atoms with van der Waals surface area (Å²) in [5, 5.41) is 7.54. The summed E-state index contributed by atoms with van der Waals surface area (Å²) in [6.45, 7) is 0.564. The average Bonchev–Trinajstić information content (AvgIpc) is 3.09. The van der Waals surface area contributed by atoms with E-state index in [2.05, 4.69) is 10.4 Å². The third kappa shape index (κ3) is 3.03. The van der Waals surface area contributed by atoms with Gasteiger partial charge >= 0.3 is 0 Å². The van der Waals surface area contributed by atoms with Crippen LogP contribution in [0.2, 0.25) is 0 Å². The molecule has 7 heteroatoms. The van der Waals surface area contributed by atoms with E-state index in [0.717, 1.165) is 0 Å². The molecule has 0 radical (unpaired) electrons. The zero-order valence-corrected chi connectivity index (χ0v) is 13.3. The molecule has 2 heterocycles. The first-order valence-electron chi connectivity index (χ1n) is 7.85. The number of carbonyl (C=O) groups excluding carboxylic acids is 1. The molecule has 7 nitrogen and oxygen atoms in total. The molecule has 2 aromatic carbocycles. The van der Waals surface area contributed by atoms with Crippen molar-refractivity contribution in [3.63, 3.8) is 0 Å². The molecule has 1 aromatic heterocycles. The van der Waals surface area contributed by atoms with Gasteiger partial charge in [0.25, 0.3) is 0 Å². The van der Waals surface area contributed by atoms with E-state index in [4.69, 9.17) is 9.47 Å². The topological polar surface area (TPSA) is 82.5 Å². The van der Waals surface area contributed by atoms with Crippen molar-refractivity contribution >= 4 is 22.5 Å². The van der Waals surface area contributed by atoms with E-state index in [1.807, 2.05) is 12.1 Å². The lowest BCUT2D eigenvalue weighted by Gasteiger charge is -2.10. The Morgan fingerprint density at radius 2 is 2.00 bits per heavy atom. The Kier molecular flexibility index (Phi) is 3.81. The van der Waals surface area contributed by atoms with Crippen molar-refractivity contribution in [2.24, 2.45) is 0 Å². The van der Waals surface area contributed by atoms with E-state index in [1.165, 1.54) is 6.20 Å². The van der Waals surface area contributed by atoms with Gasteiger partial charge < -0.3 is 14.8 Å². The molecule has 0 aliphatic carbocycles. The number of benzene rings is 2. The third-order valence-electron chi connectivity index (χ3n) is 3.97. The third-order valence-corrected chi connectivity index (χ3v) is 3.97. The molecule has 0 unspecified atom stereocenters. The van der Waals surface area contributed by atoms with Crippen LogP contribution in [0.1, 0.15) is 6.42 Å². The van der Waals surface area contributed by atoms with Gasteiger partial charge in [-0.3, -0.25) is 14.3 Å². The fourth-order valence-corrected chi connectivity index (χ4v) is 2.74. The van der Waals surface area contributed by atoms with E-state index < -0.39 is 0 Å². The fraction of sp³-hybridized carbons (Fsp3) is 0.167. The molecule has 0 bridgehead atoms. The molecule has 25 heavy (non-hydrogen) atoms. The van der Waals surface area contributed by atoms with Crippen molar-refractivity contribution in [2.45, 2.75) is 13.0 Å². The maximum Gasteiger partial charge on any atom is 0.231 e. The number of nitrogens with zero attached hydrogens (tertiary/aromatic N) is 2. The number of aromatic nitrogens is 2. The molecule has 1 amide bonds. The second kappa shape index (κ2) is 6.27. The van der Waals surface area contributed by atoms with Crippen molar-refractivity contribution in [3.05, 3.63) is 58.9 Å². The summed E-state index contributed by atoms with van der Waals surface area (Å²) in [6.07, 6.45) is 1.51. The minimum Gasteiger partial charge on any atom is -0.454 e. The number of rotatable bonds is 4. The van der Waals surface area contributed by atoms with Gasteiger partial charge in [0.05, 0.1) is 18.3 Å². The highest BCUT2D eigenvalue weighted by molar-refractivity contribution is 5.91. The summed E-state index contributed by atoms with van der Waals surface area (Å²) in [5.41, 5.74) is 1.23. The highest BCUT2D eigenvalue weighted by Crippen LogP contribution is 2.34. The van der Waals surface area contributed by atoms with Gasteiger partial charge in [-0.25, -0.2) is 0 Å². The van der Waals surface area contributed by atoms with E-state index in [9.17, 15) is 9.59 Å². The van der Waals surface area contributed by atoms with Crippen LogP contribution in [-0.4, -0.2) is 22.5 Å². The number of para-hydroxylation sites is 1. The van der Waals surface area contributed by atoms with E-state index in [0.29, 0.717) is 34.6 Å². The number of hydrogen-bond acceptors (Lipinski definition) is 5. The van der Waals surface area contributed by atoms with Gasteiger partial charge in [-0.1, -0.05) is 12.1 Å². The first kappa shape index (κ1) is 15.2. The molecule has 1 aliphatic rings. The number of amides is 1. The van der Waals surface area contributed by atoms with Crippen LogP contribution in [0.25, 0.3) is 10.9 Å². The Morgan fingerprint density at radius 1 is 1.16 bits per heavy atom. The molecule has 126 valence electrons. The van der Waals surface area contributed by atoms with E-state index >= 15 is 0 Å². The summed E-state index contributed by atoms with van der Waals surface area (Å²) in [4.78, 5) is 24.0. The van der Waals surface area contributed by atoms with Gasteiger partial charge in [0.2, 0.25) is 18.1 Å². The highest BCUT2D eigenvalue weighted by Gasteiger charge is 2.14. The Morgan fingerprint density at radius 3 is 2.92 bits per heavy atom. The number of aryl methyl sites for hydroxylation is 1. The second-order valence-corrected chi connectivity index (χ2v) is 5.62. The Labute approximate surface area is 142 Å². The predicted molar refractivity (Wildman–Crippen MR) is 91.8 cm³/mol. The number of hydrogen-bond donors (Lipinski definition) is 1. The van der Waals surface area contributed by atoms with Gasteiger partial charge in [0.15, 0.2) is 11.5 Å². The molecule has 0 fully saturated rings. The standard InChI is InChI=1S/C18H15N3O4/c22-15-10-19-21(14-4-2-1-3-13(14)15)8-7-18(23)20-12-5-6-16-17(9-12)25-11-24-16/h1-6,9-10H,7-8,11H2,(H,20,23). The first-order chi connectivity index (χ1) is 12.2. The average molecular weight is 337 g/mol. The quantitative estimate of drug-likeness (QED) is 0.789. The van der Waals surface area contributed by atoms with E-state index in [1.54, 1.807) is 35.0 Å². The largest absolute Gasteiger partial charge is 0.454 e. The molecule has 0 saturated heterocycles. The maximum absolute atomic E-state index is 12.2. The Bertz CT molecular complexity index is 1010. The molecule has 0 saturated carbocycles.